The summed E-state index contributed by atoms with van der Waals surface area (Å²) in [5.74, 6) is 0.644. The van der Waals surface area contributed by atoms with Gasteiger partial charge in [-0.15, -0.1) is 0 Å². The number of aryl methyl sites for hydroxylation is 1. The van der Waals surface area contributed by atoms with Crippen LogP contribution in [0.15, 0.2) is 18.2 Å². The predicted octanol–water partition coefficient (Wildman–Crippen LogP) is 2.91. The number of anilines is 1. The fourth-order valence-corrected chi connectivity index (χ4v) is 3.78. The van der Waals surface area contributed by atoms with E-state index in [0.717, 1.165) is 25.2 Å². The van der Waals surface area contributed by atoms with Gasteiger partial charge in [-0.25, -0.2) is 0 Å². The molecule has 0 N–H and O–H groups in total. The van der Waals surface area contributed by atoms with E-state index >= 15 is 0 Å². The van der Waals surface area contributed by atoms with E-state index in [-0.39, 0.29) is 10.7 Å². The average molecular weight is 337 g/mol. The van der Waals surface area contributed by atoms with Gasteiger partial charge in [0.15, 0.2) is 0 Å². The van der Waals surface area contributed by atoms with Crippen LogP contribution < -0.4 is 4.90 Å². The molecule has 108 valence electrons. The second-order valence-corrected chi connectivity index (χ2v) is 7.48. The van der Waals surface area contributed by atoms with Gasteiger partial charge in [0.1, 0.15) is 0 Å². The van der Waals surface area contributed by atoms with Gasteiger partial charge in [0.05, 0.1) is 4.83 Å². The van der Waals surface area contributed by atoms with Crippen LogP contribution in [0, 0.1) is 6.92 Å². The largest absolute Gasteiger partial charge is 0.307 e. The number of likely N-dealkylation sites (tertiary alicyclic amines) is 1. The van der Waals surface area contributed by atoms with E-state index < -0.39 is 0 Å². The van der Waals surface area contributed by atoms with Crippen molar-refractivity contribution in [3.05, 3.63) is 29.3 Å². The standard InChI is InChI=1S/C16H21BrN2O/c1-10-4-5-14-12(8-10)13-9-18(3)7-6-15(13)19(14)16(20)11(2)17/h4-5,8,11,13,15H,6-7,9H2,1-3H3/t11-,13-,15+/m0/s1. The second kappa shape index (κ2) is 5.15. The summed E-state index contributed by atoms with van der Waals surface area (Å²) >= 11 is 3.44. The van der Waals surface area contributed by atoms with E-state index in [9.17, 15) is 4.79 Å². The summed E-state index contributed by atoms with van der Waals surface area (Å²) in [7, 11) is 2.17. The molecule has 1 aromatic rings. The molecule has 1 amide bonds. The zero-order valence-corrected chi connectivity index (χ0v) is 13.9. The Morgan fingerprint density at radius 1 is 1.45 bits per heavy atom. The SMILES string of the molecule is Cc1ccc2c(c1)[C@@H]1CN(C)CC[C@H]1N2C(=O)[C@H](C)Br. The summed E-state index contributed by atoms with van der Waals surface area (Å²) in [6.45, 7) is 6.15. The number of amides is 1. The maximum atomic E-state index is 12.6. The van der Waals surface area contributed by atoms with Crippen LogP contribution in [-0.4, -0.2) is 41.8 Å². The molecule has 0 saturated carbocycles. The smallest absolute Gasteiger partial charge is 0.240 e. The Morgan fingerprint density at radius 2 is 2.20 bits per heavy atom. The molecule has 1 fully saturated rings. The van der Waals surface area contributed by atoms with Crippen molar-refractivity contribution in [2.75, 3.05) is 25.0 Å². The van der Waals surface area contributed by atoms with E-state index in [4.69, 9.17) is 0 Å². The van der Waals surface area contributed by atoms with Crippen LogP contribution in [0.25, 0.3) is 0 Å². The van der Waals surface area contributed by atoms with Crippen molar-refractivity contribution in [3.63, 3.8) is 0 Å². The van der Waals surface area contributed by atoms with Crippen molar-refractivity contribution < 1.29 is 4.79 Å². The maximum absolute atomic E-state index is 12.6. The van der Waals surface area contributed by atoms with Gasteiger partial charge < -0.3 is 9.80 Å². The third-order valence-electron chi connectivity index (χ3n) is 4.53. The third kappa shape index (κ3) is 2.19. The van der Waals surface area contributed by atoms with Crippen LogP contribution in [0.5, 0.6) is 0 Å². The zero-order chi connectivity index (χ0) is 14.4. The van der Waals surface area contributed by atoms with E-state index in [1.54, 1.807) is 0 Å². The van der Waals surface area contributed by atoms with Gasteiger partial charge in [0.2, 0.25) is 5.91 Å². The van der Waals surface area contributed by atoms with Crippen molar-refractivity contribution >= 4 is 27.5 Å². The Kier molecular flexibility index (Phi) is 3.63. The molecule has 0 aliphatic carbocycles. The van der Waals surface area contributed by atoms with Gasteiger partial charge in [-0.1, -0.05) is 33.6 Å². The summed E-state index contributed by atoms with van der Waals surface area (Å²) in [4.78, 5) is 16.9. The topological polar surface area (TPSA) is 23.6 Å². The number of carbonyl (C=O) groups is 1. The molecule has 2 heterocycles. The molecule has 0 spiro atoms. The number of alkyl halides is 1. The minimum absolute atomic E-state index is 0.130. The second-order valence-electron chi connectivity index (χ2n) is 6.11. The van der Waals surface area contributed by atoms with E-state index in [1.807, 2.05) is 11.8 Å². The minimum atomic E-state index is -0.130. The summed E-state index contributed by atoms with van der Waals surface area (Å²) in [5.41, 5.74) is 3.75. The van der Waals surface area contributed by atoms with Gasteiger partial charge in [-0.2, -0.15) is 0 Å². The quantitative estimate of drug-likeness (QED) is 0.736. The number of halogens is 1. The number of fused-ring (bicyclic) bond motifs is 3. The molecule has 20 heavy (non-hydrogen) atoms. The lowest BCUT2D eigenvalue weighted by molar-refractivity contribution is -0.118. The van der Waals surface area contributed by atoms with Crippen LogP contribution in [0.1, 0.15) is 30.4 Å². The number of hydrogen-bond donors (Lipinski definition) is 0. The van der Waals surface area contributed by atoms with Gasteiger partial charge >= 0.3 is 0 Å². The highest BCUT2D eigenvalue weighted by Gasteiger charge is 2.44. The summed E-state index contributed by atoms with van der Waals surface area (Å²) in [5, 5.41) is 0. The van der Waals surface area contributed by atoms with Crippen LogP contribution in [-0.2, 0) is 4.79 Å². The predicted molar refractivity (Wildman–Crippen MR) is 85.7 cm³/mol. The Balaban J connectivity index is 2.06. The van der Waals surface area contributed by atoms with Crippen LogP contribution in [0.3, 0.4) is 0 Å². The molecule has 1 saturated heterocycles. The number of benzene rings is 1. The number of piperidine rings is 1. The molecule has 0 aromatic heterocycles. The lowest BCUT2D eigenvalue weighted by Gasteiger charge is -2.36. The van der Waals surface area contributed by atoms with Crippen molar-refractivity contribution in [2.24, 2.45) is 0 Å². The van der Waals surface area contributed by atoms with Crippen molar-refractivity contribution in [2.45, 2.75) is 37.1 Å². The highest BCUT2D eigenvalue weighted by atomic mass is 79.9. The molecule has 0 unspecified atom stereocenters. The molecule has 4 heteroatoms. The fourth-order valence-electron chi connectivity index (χ4n) is 3.56. The summed E-state index contributed by atoms with van der Waals surface area (Å²) in [6.07, 6.45) is 1.06. The Hall–Kier alpha value is -0.870. The van der Waals surface area contributed by atoms with Crippen LogP contribution in [0.2, 0.25) is 0 Å². The Bertz CT molecular complexity index is 543. The lowest BCUT2D eigenvalue weighted by atomic mass is 9.89. The first-order valence-corrected chi connectivity index (χ1v) is 8.17. The third-order valence-corrected chi connectivity index (χ3v) is 4.92. The molecule has 0 bridgehead atoms. The number of carbonyl (C=O) groups excluding carboxylic acids is 1. The number of rotatable bonds is 1. The van der Waals surface area contributed by atoms with Crippen LogP contribution in [0.4, 0.5) is 5.69 Å². The molecule has 3 nitrogen and oxygen atoms in total. The summed E-state index contributed by atoms with van der Waals surface area (Å²) < 4.78 is 0. The average Bonchev–Trinajstić information content (AvgIpc) is 2.71. The van der Waals surface area contributed by atoms with E-state index in [2.05, 4.69) is 53.0 Å². The van der Waals surface area contributed by atoms with E-state index in [1.165, 1.54) is 11.1 Å². The molecular formula is C16H21BrN2O. The summed E-state index contributed by atoms with van der Waals surface area (Å²) in [6, 6.07) is 6.82. The molecule has 2 aliphatic heterocycles. The molecule has 1 aromatic carbocycles. The number of nitrogens with zero attached hydrogens (tertiary/aromatic N) is 2. The van der Waals surface area contributed by atoms with Crippen molar-refractivity contribution in [1.82, 2.24) is 4.90 Å². The number of likely N-dealkylation sites (N-methyl/N-ethyl adjacent to an activating group) is 1. The molecule has 3 rings (SSSR count). The normalized spacial score (nSPS) is 27.1. The van der Waals surface area contributed by atoms with Crippen molar-refractivity contribution in [3.8, 4) is 0 Å². The highest BCUT2D eigenvalue weighted by molar-refractivity contribution is 9.10. The van der Waals surface area contributed by atoms with Gasteiger partial charge in [-0.3, -0.25) is 4.79 Å². The number of hydrogen-bond acceptors (Lipinski definition) is 2. The maximum Gasteiger partial charge on any atom is 0.240 e. The first-order valence-electron chi connectivity index (χ1n) is 7.25. The van der Waals surface area contributed by atoms with Gasteiger partial charge in [0, 0.05) is 24.2 Å². The van der Waals surface area contributed by atoms with Gasteiger partial charge in [-0.05, 0) is 45.5 Å². The monoisotopic (exact) mass is 336 g/mol. The zero-order valence-electron chi connectivity index (χ0n) is 12.3. The molecule has 2 aliphatic rings. The first kappa shape index (κ1) is 14.1. The highest BCUT2D eigenvalue weighted by Crippen LogP contribution is 2.45. The molecule has 0 radical (unpaired) electrons. The van der Waals surface area contributed by atoms with Crippen LogP contribution >= 0.6 is 15.9 Å². The fraction of sp³-hybridized carbons (Fsp3) is 0.562. The molecule has 3 atom stereocenters. The minimum Gasteiger partial charge on any atom is -0.307 e. The first-order chi connectivity index (χ1) is 9.49. The molecular weight excluding hydrogens is 316 g/mol. The Labute approximate surface area is 129 Å². The van der Waals surface area contributed by atoms with E-state index in [0.29, 0.717) is 12.0 Å². The Morgan fingerprint density at radius 3 is 2.90 bits per heavy atom. The van der Waals surface area contributed by atoms with Gasteiger partial charge in [0.25, 0.3) is 0 Å². The lowest BCUT2D eigenvalue weighted by Crippen LogP contribution is -2.48. The van der Waals surface area contributed by atoms with Crippen molar-refractivity contribution in [1.29, 1.82) is 0 Å².